The van der Waals surface area contributed by atoms with Gasteiger partial charge in [0.15, 0.2) is 11.6 Å². The van der Waals surface area contributed by atoms with Crippen molar-refractivity contribution in [1.82, 2.24) is 9.97 Å². The van der Waals surface area contributed by atoms with E-state index in [0.717, 1.165) is 24.8 Å². The molecule has 0 aliphatic carbocycles. The first-order chi connectivity index (χ1) is 22.1. The van der Waals surface area contributed by atoms with E-state index in [9.17, 15) is 48.3 Å². The zero-order chi connectivity index (χ0) is 34.5. The Labute approximate surface area is 259 Å². The Hall–Kier alpha value is -5.31. The molecule has 15 heteroatoms. The summed E-state index contributed by atoms with van der Waals surface area (Å²) in [4.78, 5) is 8.02. The van der Waals surface area contributed by atoms with Gasteiger partial charge >= 0.3 is 12.5 Å². The van der Waals surface area contributed by atoms with Crippen molar-refractivity contribution < 1.29 is 57.8 Å². The average Bonchev–Trinajstić information content (AvgIpc) is 2.96. The number of unbranched alkanes of at least 4 members (excludes halogenated alkanes) is 1. The molecule has 4 rings (SSSR count). The fraction of sp³-hybridized carbons (Fsp3) is 0.188. The topological polar surface area (TPSA) is 44.2 Å². The zero-order valence-corrected chi connectivity index (χ0v) is 23.6. The number of aryl methyl sites for hydroxylation is 1. The molecular formula is C32H17F11N2O2. The Balaban J connectivity index is 1.53. The van der Waals surface area contributed by atoms with E-state index in [4.69, 9.17) is 0 Å². The molecule has 4 aromatic rings. The van der Waals surface area contributed by atoms with E-state index in [0.29, 0.717) is 12.1 Å². The highest BCUT2D eigenvalue weighted by Gasteiger charge is 2.41. The second kappa shape index (κ2) is 14.0. The molecule has 47 heavy (non-hydrogen) atoms. The Kier molecular flexibility index (Phi) is 10.3. The third-order valence-corrected chi connectivity index (χ3v) is 5.99. The fourth-order valence-electron chi connectivity index (χ4n) is 3.89. The van der Waals surface area contributed by atoms with Crippen molar-refractivity contribution in [3.63, 3.8) is 0 Å². The number of halogens is 11. The molecule has 0 unspecified atom stereocenters. The molecule has 0 fully saturated rings. The molecule has 1 aromatic heterocycles. The summed E-state index contributed by atoms with van der Waals surface area (Å²) in [5, 5.41) is 0. The van der Waals surface area contributed by atoms with E-state index in [1.54, 1.807) is 0 Å². The van der Waals surface area contributed by atoms with Crippen molar-refractivity contribution in [2.45, 2.75) is 38.7 Å². The summed E-state index contributed by atoms with van der Waals surface area (Å²) in [6.45, 7) is 2.01. The number of hydrogen-bond donors (Lipinski definition) is 0. The van der Waals surface area contributed by atoms with Gasteiger partial charge in [0.1, 0.15) is 34.6 Å². The Morgan fingerprint density at radius 3 is 1.66 bits per heavy atom. The predicted octanol–water partition coefficient (Wildman–Crippen LogP) is 8.48. The monoisotopic (exact) mass is 670 g/mol. The highest BCUT2D eigenvalue weighted by atomic mass is 19.4. The lowest BCUT2D eigenvalue weighted by atomic mass is 10.1. The third kappa shape index (κ3) is 8.91. The standard InChI is InChI=1S/C32H17F11N2O2/c1-2-3-4-19-15-44-28(45-16-19)8-6-18-9-24(35)29(25(36)10-18)31(39,40)46-20-13-22(33)21(23(34)14-20)7-5-17-11-26(37)30(27(38)12-17)47-32(41,42)43/h9-16H,2-4H2,1H3. The lowest BCUT2D eigenvalue weighted by Gasteiger charge is -2.20. The minimum Gasteiger partial charge on any atom is -0.429 e. The maximum absolute atomic E-state index is 14.8. The number of rotatable bonds is 7. The number of nitrogens with zero attached hydrogens (tertiary/aromatic N) is 2. The molecule has 0 bridgehead atoms. The maximum atomic E-state index is 14.8. The molecule has 1 heterocycles. The molecular weight excluding hydrogens is 653 g/mol. The van der Waals surface area contributed by atoms with Crippen molar-refractivity contribution in [3.05, 3.63) is 117 Å². The van der Waals surface area contributed by atoms with Crippen LogP contribution >= 0.6 is 0 Å². The fourth-order valence-corrected chi connectivity index (χ4v) is 3.89. The van der Waals surface area contributed by atoms with Crippen LogP contribution in [0.25, 0.3) is 0 Å². The number of alkyl halides is 5. The third-order valence-electron chi connectivity index (χ3n) is 5.99. The van der Waals surface area contributed by atoms with Crippen LogP contribution in [0.1, 0.15) is 53.4 Å². The van der Waals surface area contributed by atoms with Crippen LogP contribution in [0, 0.1) is 58.6 Å². The van der Waals surface area contributed by atoms with Gasteiger partial charge in [-0.05, 0) is 48.6 Å². The second-order valence-corrected chi connectivity index (χ2v) is 9.53. The molecule has 0 aliphatic heterocycles. The van der Waals surface area contributed by atoms with Gasteiger partial charge in [-0.15, -0.1) is 13.2 Å². The summed E-state index contributed by atoms with van der Waals surface area (Å²) in [7, 11) is 0. The molecule has 0 saturated carbocycles. The van der Waals surface area contributed by atoms with Crippen molar-refractivity contribution in [1.29, 1.82) is 0 Å². The van der Waals surface area contributed by atoms with Crippen LogP contribution in [0.15, 0.2) is 48.8 Å². The van der Waals surface area contributed by atoms with Crippen molar-refractivity contribution in [2.75, 3.05) is 0 Å². The summed E-state index contributed by atoms with van der Waals surface area (Å²) in [6.07, 6.45) is -4.56. The first kappa shape index (κ1) is 34.6. The molecule has 0 aliphatic rings. The summed E-state index contributed by atoms with van der Waals surface area (Å²) < 4.78 is 160. The van der Waals surface area contributed by atoms with Gasteiger partial charge in [0.2, 0.25) is 11.6 Å². The van der Waals surface area contributed by atoms with Crippen LogP contribution in [0.3, 0.4) is 0 Å². The van der Waals surface area contributed by atoms with Crippen LogP contribution in [0.2, 0.25) is 0 Å². The molecule has 0 atom stereocenters. The van der Waals surface area contributed by atoms with Gasteiger partial charge in [0.05, 0.1) is 5.56 Å². The van der Waals surface area contributed by atoms with Gasteiger partial charge in [0, 0.05) is 35.7 Å². The number of ether oxygens (including phenoxy) is 2. The summed E-state index contributed by atoms with van der Waals surface area (Å²) in [5.74, 6) is -5.06. The molecule has 244 valence electrons. The van der Waals surface area contributed by atoms with Crippen molar-refractivity contribution in [3.8, 4) is 35.2 Å². The SMILES string of the molecule is CCCCc1cnc(C#Cc2cc(F)c(C(F)(F)Oc3cc(F)c(C#Cc4cc(F)c(OC(F)(F)F)c(F)c4)c(F)c3)c(F)c2)nc1. The van der Waals surface area contributed by atoms with Crippen LogP contribution in [-0.4, -0.2) is 16.3 Å². The van der Waals surface area contributed by atoms with E-state index in [1.807, 2.05) is 18.8 Å². The van der Waals surface area contributed by atoms with E-state index < -0.39 is 75.6 Å². The van der Waals surface area contributed by atoms with Crippen LogP contribution in [-0.2, 0) is 12.5 Å². The summed E-state index contributed by atoms with van der Waals surface area (Å²) >= 11 is 0. The van der Waals surface area contributed by atoms with Crippen molar-refractivity contribution >= 4 is 0 Å². The van der Waals surface area contributed by atoms with Gasteiger partial charge in [0.25, 0.3) is 0 Å². The Bertz CT molecular complexity index is 1850. The molecule has 4 nitrogen and oxygen atoms in total. The number of aromatic nitrogens is 2. The second-order valence-electron chi connectivity index (χ2n) is 9.53. The lowest BCUT2D eigenvalue weighted by Crippen LogP contribution is -2.25. The zero-order valence-electron chi connectivity index (χ0n) is 23.6. The molecule has 0 spiro atoms. The van der Waals surface area contributed by atoms with E-state index in [-0.39, 0.29) is 35.7 Å². The van der Waals surface area contributed by atoms with Gasteiger partial charge in [-0.3, -0.25) is 0 Å². The first-order valence-corrected chi connectivity index (χ1v) is 13.2. The van der Waals surface area contributed by atoms with Crippen LogP contribution in [0.4, 0.5) is 48.3 Å². The summed E-state index contributed by atoms with van der Waals surface area (Å²) in [5.41, 5.74) is -3.21. The van der Waals surface area contributed by atoms with Gasteiger partial charge in [-0.2, -0.15) is 8.78 Å². The highest BCUT2D eigenvalue weighted by Crippen LogP contribution is 2.36. The number of hydrogen-bond acceptors (Lipinski definition) is 4. The largest absolute Gasteiger partial charge is 0.573 e. The van der Waals surface area contributed by atoms with E-state index >= 15 is 0 Å². The highest BCUT2D eigenvalue weighted by molar-refractivity contribution is 5.48. The molecule has 0 saturated heterocycles. The van der Waals surface area contributed by atoms with Gasteiger partial charge in [-0.25, -0.2) is 36.3 Å². The van der Waals surface area contributed by atoms with E-state index in [2.05, 4.69) is 31.3 Å². The maximum Gasteiger partial charge on any atom is 0.573 e. The van der Waals surface area contributed by atoms with E-state index in [1.165, 1.54) is 12.4 Å². The smallest absolute Gasteiger partial charge is 0.429 e. The van der Waals surface area contributed by atoms with Crippen molar-refractivity contribution in [2.24, 2.45) is 0 Å². The molecule has 3 aromatic carbocycles. The Morgan fingerprint density at radius 2 is 1.15 bits per heavy atom. The predicted molar refractivity (Wildman–Crippen MR) is 143 cm³/mol. The average molecular weight is 670 g/mol. The van der Waals surface area contributed by atoms with Gasteiger partial charge < -0.3 is 9.47 Å². The molecule has 0 radical (unpaired) electrons. The van der Waals surface area contributed by atoms with Crippen LogP contribution in [0.5, 0.6) is 11.5 Å². The Morgan fingerprint density at radius 1 is 0.638 bits per heavy atom. The normalized spacial score (nSPS) is 11.3. The van der Waals surface area contributed by atoms with Gasteiger partial charge in [-0.1, -0.05) is 31.1 Å². The minimum absolute atomic E-state index is 0.00811. The number of benzene rings is 3. The first-order valence-electron chi connectivity index (χ1n) is 13.2. The molecule has 0 N–H and O–H groups in total. The molecule has 0 amide bonds. The van der Waals surface area contributed by atoms with Crippen LogP contribution < -0.4 is 9.47 Å². The minimum atomic E-state index is -5.42. The summed E-state index contributed by atoms with van der Waals surface area (Å²) in [6, 6.07) is 1.89. The lowest BCUT2D eigenvalue weighted by molar-refractivity contribution is -0.276. The quantitative estimate of drug-likeness (QED) is 0.146.